The molecule has 4 heterocycles. The van der Waals surface area contributed by atoms with Gasteiger partial charge >= 0.3 is 6.09 Å². The smallest absolute Gasteiger partial charge is 0.410 e. The summed E-state index contributed by atoms with van der Waals surface area (Å²) in [5, 5.41) is 8.46. The van der Waals surface area contributed by atoms with Gasteiger partial charge in [-0.05, 0) is 39.7 Å². The molecule has 0 aromatic carbocycles. The minimum atomic E-state index is -1.37. The van der Waals surface area contributed by atoms with Gasteiger partial charge in [-0.3, -0.25) is 4.68 Å². The number of fused-ring (bicyclic) bond motifs is 1. The first kappa shape index (κ1) is 21.1. The normalized spacial score (nSPS) is 20.0. The molecule has 3 aromatic rings. The van der Waals surface area contributed by atoms with E-state index in [-0.39, 0.29) is 6.54 Å². The van der Waals surface area contributed by atoms with Gasteiger partial charge in [0.1, 0.15) is 17.2 Å². The molecule has 0 radical (unpaired) electrons. The van der Waals surface area contributed by atoms with Crippen molar-refractivity contribution >= 4 is 11.6 Å². The van der Waals surface area contributed by atoms with Crippen LogP contribution in [0.4, 0.5) is 9.18 Å². The van der Waals surface area contributed by atoms with Crippen LogP contribution in [0.3, 0.4) is 0 Å². The van der Waals surface area contributed by atoms with E-state index in [9.17, 15) is 4.79 Å². The van der Waals surface area contributed by atoms with Gasteiger partial charge in [0.2, 0.25) is 5.88 Å². The fourth-order valence-electron chi connectivity index (χ4n) is 3.53. The summed E-state index contributed by atoms with van der Waals surface area (Å²) in [7, 11) is 1.82. The van der Waals surface area contributed by atoms with Crippen LogP contribution in [0.15, 0.2) is 30.9 Å². The van der Waals surface area contributed by atoms with E-state index in [1.807, 2.05) is 13.2 Å². The number of nitrogens with zero attached hydrogens (tertiary/aromatic N) is 6. The van der Waals surface area contributed by atoms with Crippen LogP contribution in [0.1, 0.15) is 33.6 Å². The van der Waals surface area contributed by atoms with Gasteiger partial charge in [0.15, 0.2) is 6.17 Å². The zero-order chi connectivity index (χ0) is 22.2. The molecular weight excluding hydrogens is 403 g/mol. The first-order valence-corrected chi connectivity index (χ1v) is 10.3. The second kappa shape index (κ2) is 8.16. The lowest BCUT2D eigenvalue weighted by molar-refractivity contribution is 0.0178. The van der Waals surface area contributed by atoms with Gasteiger partial charge in [-0.25, -0.2) is 18.7 Å². The monoisotopic (exact) mass is 430 g/mol. The molecule has 1 aliphatic rings. The molecule has 9 nitrogen and oxygen atoms in total. The molecule has 166 valence electrons. The molecule has 10 heteroatoms. The quantitative estimate of drug-likeness (QED) is 0.634. The summed E-state index contributed by atoms with van der Waals surface area (Å²) in [4.78, 5) is 18.4. The van der Waals surface area contributed by atoms with Crippen molar-refractivity contribution in [3.8, 4) is 17.1 Å². The number of amides is 1. The maximum atomic E-state index is 15.2. The van der Waals surface area contributed by atoms with Gasteiger partial charge in [0, 0.05) is 25.4 Å². The van der Waals surface area contributed by atoms with Crippen molar-refractivity contribution in [2.24, 2.45) is 7.05 Å². The average molecular weight is 430 g/mol. The summed E-state index contributed by atoms with van der Waals surface area (Å²) in [6.45, 7) is 5.70. The van der Waals surface area contributed by atoms with Gasteiger partial charge in [0.05, 0.1) is 30.8 Å². The Balaban J connectivity index is 1.55. The molecule has 2 atom stereocenters. The molecule has 0 bridgehead atoms. The minimum Gasteiger partial charge on any atom is -0.470 e. The van der Waals surface area contributed by atoms with Crippen molar-refractivity contribution in [3.63, 3.8) is 0 Å². The standard InChI is InChI=1S/C21H27FN6O3/c1-21(2,3)31-20(29)27-9-5-6-18(15(22)12-27)30-19-17-7-8-23-28(17)13-16(25-19)14-10-24-26(4)11-14/h7-8,10-11,13,15,18H,5-6,9,12H2,1-4H3/t15-,18-/m0/s1. The number of hydrogen-bond donors (Lipinski definition) is 0. The van der Waals surface area contributed by atoms with Gasteiger partial charge in [-0.1, -0.05) is 0 Å². The lowest BCUT2D eigenvalue weighted by Gasteiger charge is -2.27. The fraction of sp³-hybridized carbons (Fsp3) is 0.524. The van der Waals surface area contributed by atoms with E-state index in [2.05, 4.69) is 15.2 Å². The number of likely N-dealkylation sites (tertiary alicyclic amines) is 1. The zero-order valence-corrected chi connectivity index (χ0v) is 18.2. The lowest BCUT2D eigenvalue weighted by Crippen LogP contribution is -2.42. The number of halogens is 1. The second-order valence-electron chi connectivity index (χ2n) is 8.74. The van der Waals surface area contributed by atoms with E-state index in [1.54, 1.807) is 54.6 Å². The largest absolute Gasteiger partial charge is 0.470 e. The highest BCUT2D eigenvalue weighted by Gasteiger charge is 2.33. The molecule has 1 saturated heterocycles. The van der Waals surface area contributed by atoms with Crippen LogP contribution < -0.4 is 4.74 Å². The highest BCUT2D eigenvalue weighted by atomic mass is 19.1. The van der Waals surface area contributed by atoms with Crippen LogP contribution in [0.5, 0.6) is 5.88 Å². The predicted molar refractivity (Wildman–Crippen MR) is 112 cm³/mol. The van der Waals surface area contributed by atoms with Crippen molar-refractivity contribution < 1.29 is 18.7 Å². The molecule has 1 amide bonds. The highest BCUT2D eigenvalue weighted by Crippen LogP contribution is 2.27. The molecule has 3 aromatic heterocycles. The molecule has 0 saturated carbocycles. The summed E-state index contributed by atoms with van der Waals surface area (Å²) in [6.07, 6.45) is 5.40. The van der Waals surface area contributed by atoms with Gasteiger partial charge < -0.3 is 14.4 Å². The molecule has 1 fully saturated rings. The number of ether oxygens (including phenoxy) is 2. The number of carbonyl (C=O) groups is 1. The summed E-state index contributed by atoms with van der Waals surface area (Å²) in [6, 6.07) is 1.77. The molecule has 1 aliphatic heterocycles. The highest BCUT2D eigenvalue weighted by molar-refractivity contribution is 5.68. The van der Waals surface area contributed by atoms with Crippen LogP contribution in [0.25, 0.3) is 16.8 Å². The van der Waals surface area contributed by atoms with E-state index < -0.39 is 24.0 Å². The Morgan fingerprint density at radius 3 is 2.77 bits per heavy atom. The van der Waals surface area contributed by atoms with E-state index in [0.717, 1.165) is 5.56 Å². The third-order valence-corrected chi connectivity index (χ3v) is 4.99. The molecule has 31 heavy (non-hydrogen) atoms. The van der Waals surface area contributed by atoms with E-state index >= 15 is 4.39 Å². The fourth-order valence-corrected chi connectivity index (χ4v) is 3.53. The minimum absolute atomic E-state index is 0.0859. The second-order valence-corrected chi connectivity index (χ2v) is 8.74. The van der Waals surface area contributed by atoms with E-state index in [1.165, 1.54) is 4.90 Å². The first-order valence-electron chi connectivity index (χ1n) is 10.3. The lowest BCUT2D eigenvalue weighted by atomic mass is 10.1. The van der Waals surface area contributed by atoms with Crippen molar-refractivity contribution in [3.05, 3.63) is 30.9 Å². The first-order chi connectivity index (χ1) is 14.7. The molecule has 4 rings (SSSR count). The summed E-state index contributed by atoms with van der Waals surface area (Å²) in [5.74, 6) is 0.303. The predicted octanol–water partition coefficient (Wildman–Crippen LogP) is 3.25. The topological polar surface area (TPSA) is 86.8 Å². The third kappa shape index (κ3) is 4.78. The number of carbonyl (C=O) groups excluding carboxylic acids is 1. The zero-order valence-electron chi connectivity index (χ0n) is 18.2. The summed E-state index contributed by atoms with van der Waals surface area (Å²) < 4.78 is 29.9. The Hall–Kier alpha value is -3.17. The van der Waals surface area contributed by atoms with Crippen LogP contribution >= 0.6 is 0 Å². The van der Waals surface area contributed by atoms with Crippen LogP contribution in [-0.2, 0) is 11.8 Å². The Bertz CT molecular complexity index is 1070. The Morgan fingerprint density at radius 1 is 1.26 bits per heavy atom. The number of hydrogen-bond acceptors (Lipinski definition) is 6. The van der Waals surface area contributed by atoms with Crippen molar-refractivity contribution in [2.75, 3.05) is 13.1 Å². The average Bonchev–Trinajstić information content (AvgIpc) is 3.29. The molecule has 0 unspecified atom stereocenters. The van der Waals surface area contributed by atoms with Crippen molar-refractivity contribution in [1.29, 1.82) is 0 Å². The molecule has 0 N–H and O–H groups in total. The van der Waals surface area contributed by atoms with Gasteiger partial charge in [-0.15, -0.1) is 0 Å². The maximum Gasteiger partial charge on any atom is 0.410 e. The third-order valence-electron chi connectivity index (χ3n) is 4.99. The number of rotatable bonds is 3. The van der Waals surface area contributed by atoms with Crippen molar-refractivity contribution in [1.82, 2.24) is 29.3 Å². The Morgan fingerprint density at radius 2 is 2.06 bits per heavy atom. The molecule has 0 aliphatic carbocycles. The molecule has 0 spiro atoms. The van der Waals surface area contributed by atoms with E-state index in [0.29, 0.717) is 36.5 Å². The Labute approximate surface area is 179 Å². The van der Waals surface area contributed by atoms with E-state index in [4.69, 9.17) is 9.47 Å². The maximum absolute atomic E-state index is 15.2. The van der Waals surface area contributed by atoms with Gasteiger partial charge in [0.25, 0.3) is 0 Å². The van der Waals surface area contributed by atoms with Crippen LogP contribution in [0.2, 0.25) is 0 Å². The number of alkyl halides is 1. The van der Waals surface area contributed by atoms with Crippen LogP contribution in [-0.4, -0.2) is 66.3 Å². The molecular formula is C21H27FN6O3. The SMILES string of the molecule is Cn1cc(-c2cn3nccc3c(O[C@H]3CCCN(C(=O)OC(C)(C)C)C[C@@H]3F)n2)cn1. The number of aryl methyl sites for hydroxylation is 1. The Kier molecular flexibility index (Phi) is 5.55. The summed E-state index contributed by atoms with van der Waals surface area (Å²) >= 11 is 0. The van der Waals surface area contributed by atoms with Crippen molar-refractivity contribution in [2.45, 2.75) is 51.5 Å². The number of aromatic nitrogens is 5. The van der Waals surface area contributed by atoms with Gasteiger partial charge in [-0.2, -0.15) is 10.2 Å². The van der Waals surface area contributed by atoms with Crippen LogP contribution in [0, 0.1) is 0 Å². The summed E-state index contributed by atoms with van der Waals surface area (Å²) in [5.41, 5.74) is 1.44.